The minimum absolute atomic E-state index is 0.0975. The van der Waals surface area contributed by atoms with Gasteiger partial charge < -0.3 is 14.2 Å². The number of esters is 3. The molecule has 0 spiro atoms. The van der Waals surface area contributed by atoms with Crippen molar-refractivity contribution in [2.45, 2.75) is 264 Å². The first-order valence-electron chi connectivity index (χ1n) is 29.5. The summed E-state index contributed by atoms with van der Waals surface area (Å²) in [5, 5.41) is 0. The number of hydrogen-bond donors (Lipinski definition) is 0. The van der Waals surface area contributed by atoms with E-state index in [2.05, 4.69) is 142 Å². The number of carbonyl (C=O) groups excluding carboxylic acids is 3. The zero-order valence-corrected chi connectivity index (χ0v) is 46.7. The molecule has 0 N–H and O–H groups in total. The van der Waals surface area contributed by atoms with Gasteiger partial charge in [-0.3, -0.25) is 14.4 Å². The zero-order valence-electron chi connectivity index (χ0n) is 46.7. The molecule has 0 aliphatic heterocycles. The Balaban J connectivity index is 4.42. The highest BCUT2D eigenvalue weighted by atomic mass is 16.6. The average molecular weight is 998 g/mol. The van der Waals surface area contributed by atoms with E-state index < -0.39 is 6.10 Å². The maximum absolute atomic E-state index is 12.9. The standard InChI is InChI=1S/C66H108O6/c1-4-7-10-13-16-19-22-25-28-30-31-32-33-34-35-37-38-41-44-47-50-53-56-59-65(68)71-62-63(61-70-64(67)58-55-52-49-46-43-40-27-24-21-18-15-12-9-6-3)72-66(69)60-57-54-51-48-45-42-39-36-29-26-23-20-17-14-11-8-5-2/h7-8,10-11,15-20,24-29,31-32,39,42,63H,4-6,9,12-14,21-23,30,33-38,40-41,43-62H2,1-3H3/b10-7-,11-8-,18-15-,19-16-,20-17-,27-24-,28-25-,29-26-,32-31-,42-39-. The summed E-state index contributed by atoms with van der Waals surface area (Å²) in [5.74, 6) is -0.940. The van der Waals surface area contributed by atoms with Crippen LogP contribution in [0.4, 0.5) is 0 Å². The van der Waals surface area contributed by atoms with Gasteiger partial charge in [0, 0.05) is 19.3 Å². The maximum atomic E-state index is 12.9. The monoisotopic (exact) mass is 997 g/mol. The highest BCUT2D eigenvalue weighted by Crippen LogP contribution is 2.15. The quantitative estimate of drug-likeness (QED) is 0.0261. The van der Waals surface area contributed by atoms with Gasteiger partial charge in [0.05, 0.1) is 0 Å². The number of ether oxygens (including phenoxy) is 3. The number of allylic oxidation sites excluding steroid dienone is 20. The van der Waals surface area contributed by atoms with Gasteiger partial charge in [-0.2, -0.15) is 0 Å². The predicted octanol–water partition coefficient (Wildman–Crippen LogP) is 20.0. The van der Waals surface area contributed by atoms with Crippen LogP contribution in [-0.2, 0) is 28.6 Å². The van der Waals surface area contributed by atoms with Crippen LogP contribution in [0.2, 0.25) is 0 Å². The van der Waals surface area contributed by atoms with Crippen LogP contribution in [0.5, 0.6) is 0 Å². The lowest BCUT2D eigenvalue weighted by molar-refractivity contribution is -0.167. The summed E-state index contributed by atoms with van der Waals surface area (Å²) < 4.78 is 16.9. The van der Waals surface area contributed by atoms with Gasteiger partial charge in [0.25, 0.3) is 0 Å². The number of rotatable bonds is 52. The van der Waals surface area contributed by atoms with Crippen molar-refractivity contribution in [2.75, 3.05) is 13.2 Å². The molecule has 0 bridgehead atoms. The van der Waals surface area contributed by atoms with Gasteiger partial charge in [-0.15, -0.1) is 0 Å². The molecule has 6 heteroatoms. The SMILES string of the molecule is CC/C=C\C/C=C\C/C=C\C/C=C\CCCCCCCCCCCCC(=O)OCC(COC(=O)CCCCCCC/C=C\C/C=C\CCCC)OC(=O)CCCCCC/C=C\C/C=C\C/C=C\C/C=C\CC. The molecule has 0 fully saturated rings. The fourth-order valence-electron chi connectivity index (χ4n) is 7.79. The minimum atomic E-state index is -0.803. The topological polar surface area (TPSA) is 78.9 Å². The van der Waals surface area contributed by atoms with Gasteiger partial charge in [-0.05, 0) is 122 Å². The van der Waals surface area contributed by atoms with Crippen LogP contribution in [0, 0.1) is 0 Å². The smallest absolute Gasteiger partial charge is 0.306 e. The van der Waals surface area contributed by atoms with Crippen molar-refractivity contribution in [3.8, 4) is 0 Å². The van der Waals surface area contributed by atoms with Crippen molar-refractivity contribution in [3.05, 3.63) is 122 Å². The summed E-state index contributed by atoms with van der Waals surface area (Å²) in [6.45, 7) is 6.34. The first-order valence-corrected chi connectivity index (χ1v) is 29.5. The molecular weight excluding hydrogens is 889 g/mol. The van der Waals surface area contributed by atoms with E-state index >= 15 is 0 Å². The highest BCUT2D eigenvalue weighted by Gasteiger charge is 2.19. The van der Waals surface area contributed by atoms with Gasteiger partial charge in [-0.25, -0.2) is 0 Å². The lowest BCUT2D eigenvalue weighted by Crippen LogP contribution is -2.30. The maximum Gasteiger partial charge on any atom is 0.306 e. The number of unbranched alkanes of at least 4 members (excludes halogenated alkanes) is 21. The van der Waals surface area contributed by atoms with Crippen LogP contribution in [0.25, 0.3) is 0 Å². The van der Waals surface area contributed by atoms with Crippen LogP contribution in [0.3, 0.4) is 0 Å². The summed E-state index contributed by atoms with van der Waals surface area (Å²) in [4.78, 5) is 38.2. The fourth-order valence-corrected chi connectivity index (χ4v) is 7.79. The van der Waals surface area contributed by atoms with Gasteiger partial charge in [-0.1, -0.05) is 239 Å². The van der Waals surface area contributed by atoms with Gasteiger partial charge in [0.15, 0.2) is 6.10 Å². The summed E-state index contributed by atoms with van der Waals surface area (Å²) in [7, 11) is 0. The Labute approximate surface area is 443 Å². The molecule has 0 aliphatic rings. The summed E-state index contributed by atoms with van der Waals surface area (Å²) in [6.07, 6.45) is 81.9. The van der Waals surface area contributed by atoms with E-state index in [-0.39, 0.29) is 31.1 Å². The molecule has 0 aromatic rings. The molecule has 0 saturated carbocycles. The Morgan fingerprint density at radius 3 is 0.847 bits per heavy atom. The van der Waals surface area contributed by atoms with E-state index in [1.165, 1.54) is 70.6 Å². The molecule has 0 amide bonds. The third-order valence-corrected chi connectivity index (χ3v) is 12.2. The van der Waals surface area contributed by atoms with Crippen LogP contribution in [0.15, 0.2) is 122 Å². The van der Waals surface area contributed by atoms with Gasteiger partial charge in [0.2, 0.25) is 0 Å². The molecule has 72 heavy (non-hydrogen) atoms. The van der Waals surface area contributed by atoms with E-state index in [4.69, 9.17) is 14.2 Å². The van der Waals surface area contributed by atoms with Crippen molar-refractivity contribution in [3.63, 3.8) is 0 Å². The van der Waals surface area contributed by atoms with Gasteiger partial charge in [0.1, 0.15) is 13.2 Å². The largest absolute Gasteiger partial charge is 0.462 e. The van der Waals surface area contributed by atoms with E-state index in [0.29, 0.717) is 19.3 Å². The normalized spacial score (nSPS) is 13.0. The Kier molecular flexibility index (Phi) is 55.9. The van der Waals surface area contributed by atoms with E-state index in [0.717, 1.165) is 148 Å². The second-order valence-electron chi connectivity index (χ2n) is 19.1. The molecular formula is C66H108O6. The van der Waals surface area contributed by atoms with Gasteiger partial charge >= 0.3 is 17.9 Å². The minimum Gasteiger partial charge on any atom is -0.462 e. The van der Waals surface area contributed by atoms with Crippen LogP contribution < -0.4 is 0 Å². The third-order valence-electron chi connectivity index (χ3n) is 12.2. The Hall–Kier alpha value is -4.19. The van der Waals surface area contributed by atoms with Crippen molar-refractivity contribution in [1.29, 1.82) is 0 Å². The average Bonchev–Trinajstić information content (AvgIpc) is 3.38. The van der Waals surface area contributed by atoms with Crippen molar-refractivity contribution < 1.29 is 28.6 Å². The molecule has 408 valence electrons. The summed E-state index contributed by atoms with van der Waals surface area (Å²) in [5.41, 5.74) is 0. The molecule has 0 aromatic carbocycles. The van der Waals surface area contributed by atoms with Crippen LogP contribution in [0.1, 0.15) is 258 Å². The summed E-state index contributed by atoms with van der Waals surface area (Å²) in [6, 6.07) is 0. The third kappa shape index (κ3) is 56.7. The van der Waals surface area contributed by atoms with Crippen molar-refractivity contribution in [1.82, 2.24) is 0 Å². The zero-order chi connectivity index (χ0) is 52.2. The molecule has 1 unspecified atom stereocenters. The Bertz CT molecular complexity index is 1520. The summed E-state index contributed by atoms with van der Waals surface area (Å²) >= 11 is 0. The van der Waals surface area contributed by atoms with E-state index in [1.807, 2.05) is 0 Å². The Morgan fingerprint density at radius 2 is 0.542 bits per heavy atom. The number of carbonyl (C=O) groups is 3. The van der Waals surface area contributed by atoms with E-state index in [1.54, 1.807) is 0 Å². The highest BCUT2D eigenvalue weighted by molar-refractivity contribution is 5.71. The first-order chi connectivity index (χ1) is 35.5. The predicted molar refractivity (Wildman–Crippen MR) is 311 cm³/mol. The molecule has 0 aliphatic carbocycles. The molecule has 0 aromatic heterocycles. The molecule has 6 nitrogen and oxygen atoms in total. The second kappa shape index (κ2) is 59.4. The van der Waals surface area contributed by atoms with Crippen molar-refractivity contribution in [2.24, 2.45) is 0 Å². The molecule has 0 radical (unpaired) electrons. The fraction of sp³-hybridized carbons (Fsp3) is 0.652. The molecule has 1 atom stereocenters. The number of hydrogen-bond acceptors (Lipinski definition) is 6. The van der Waals surface area contributed by atoms with Crippen LogP contribution in [-0.4, -0.2) is 37.2 Å². The second-order valence-corrected chi connectivity index (χ2v) is 19.1. The molecule has 0 saturated heterocycles. The lowest BCUT2D eigenvalue weighted by Gasteiger charge is -2.18. The lowest BCUT2D eigenvalue weighted by atomic mass is 10.1. The molecule has 0 rings (SSSR count). The molecule has 0 heterocycles. The first kappa shape index (κ1) is 67.8. The Morgan fingerprint density at radius 1 is 0.292 bits per heavy atom. The van der Waals surface area contributed by atoms with Crippen LogP contribution >= 0.6 is 0 Å². The van der Waals surface area contributed by atoms with Crippen molar-refractivity contribution >= 4 is 17.9 Å². The van der Waals surface area contributed by atoms with E-state index in [9.17, 15) is 14.4 Å².